The van der Waals surface area contributed by atoms with Gasteiger partial charge in [0.05, 0.1) is 31.2 Å². The fourth-order valence-electron chi connectivity index (χ4n) is 2.93. The van der Waals surface area contributed by atoms with Crippen LogP contribution in [-0.4, -0.2) is 55.8 Å². The monoisotopic (exact) mass is 332 g/mol. The van der Waals surface area contributed by atoms with Gasteiger partial charge in [-0.2, -0.15) is 0 Å². The minimum Gasteiger partial charge on any atom is -0.490 e. The summed E-state index contributed by atoms with van der Waals surface area (Å²) in [5, 5.41) is 0. The molecule has 7 heteroatoms. The molecule has 2 N–H and O–H groups in total. The van der Waals surface area contributed by atoms with Crippen LogP contribution in [0.5, 0.6) is 5.75 Å². The third-order valence-corrected chi connectivity index (χ3v) is 4.25. The van der Waals surface area contributed by atoms with E-state index in [1.807, 2.05) is 6.08 Å². The van der Waals surface area contributed by atoms with Gasteiger partial charge in [-0.3, -0.25) is 9.59 Å². The number of rotatable bonds is 2. The Balaban J connectivity index is 1.85. The zero-order chi connectivity index (χ0) is 17.3. The number of methoxy groups -OCH3 is 1. The molecule has 2 aliphatic rings. The van der Waals surface area contributed by atoms with Crippen LogP contribution in [-0.2, 0) is 14.3 Å². The van der Waals surface area contributed by atoms with Gasteiger partial charge in [0, 0.05) is 12.7 Å². The average molecular weight is 332 g/mol. The standard InChI is InChI=1S/C17H20N2O5/c1-19-13-5-4-11(8-16(20)22-2)24-15(13)9-23-14-6-3-10(18)7-12(14)17(19)21/h3-7,11,13,15H,8-9,18H2,1-2H3/t11-,13+,15-/m1/s1. The van der Waals surface area contributed by atoms with E-state index in [9.17, 15) is 9.59 Å². The fourth-order valence-corrected chi connectivity index (χ4v) is 2.93. The number of hydrogen-bond donors (Lipinski definition) is 1. The second-order valence-electron chi connectivity index (χ2n) is 5.85. The summed E-state index contributed by atoms with van der Waals surface area (Å²) in [6, 6.07) is 4.71. The number of nitrogen functional groups attached to an aromatic ring is 1. The Morgan fingerprint density at radius 2 is 2.21 bits per heavy atom. The van der Waals surface area contributed by atoms with Crippen LogP contribution in [0.3, 0.4) is 0 Å². The molecule has 2 heterocycles. The molecule has 0 aromatic heterocycles. The zero-order valence-electron chi connectivity index (χ0n) is 13.6. The largest absolute Gasteiger partial charge is 0.490 e. The van der Waals surface area contributed by atoms with E-state index in [1.54, 1.807) is 36.2 Å². The Labute approximate surface area is 140 Å². The van der Waals surface area contributed by atoms with Crippen molar-refractivity contribution in [3.05, 3.63) is 35.9 Å². The molecule has 7 nitrogen and oxygen atoms in total. The lowest BCUT2D eigenvalue weighted by Crippen LogP contribution is -2.51. The van der Waals surface area contributed by atoms with Crippen LogP contribution >= 0.6 is 0 Å². The van der Waals surface area contributed by atoms with Gasteiger partial charge in [0.15, 0.2) is 0 Å². The highest BCUT2D eigenvalue weighted by molar-refractivity contribution is 5.98. The van der Waals surface area contributed by atoms with Crippen molar-refractivity contribution in [1.29, 1.82) is 0 Å². The van der Waals surface area contributed by atoms with Gasteiger partial charge in [0.1, 0.15) is 18.5 Å². The number of carbonyl (C=O) groups is 2. The number of likely N-dealkylation sites (N-methyl/N-ethyl adjacent to an activating group) is 1. The molecule has 1 amide bonds. The molecule has 1 aromatic rings. The highest BCUT2D eigenvalue weighted by Crippen LogP contribution is 2.29. The summed E-state index contributed by atoms with van der Waals surface area (Å²) >= 11 is 0. The molecule has 0 saturated heterocycles. The van der Waals surface area contributed by atoms with Crippen molar-refractivity contribution in [2.24, 2.45) is 0 Å². The Morgan fingerprint density at radius 1 is 1.42 bits per heavy atom. The molecule has 1 aromatic carbocycles. The van der Waals surface area contributed by atoms with Gasteiger partial charge < -0.3 is 24.8 Å². The first-order chi connectivity index (χ1) is 11.5. The van der Waals surface area contributed by atoms with Crippen LogP contribution in [0, 0.1) is 0 Å². The third kappa shape index (κ3) is 3.07. The number of fused-ring (bicyclic) bond motifs is 2. The first-order valence-corrected chi connectivity index (χ1v) is 7.69. The average Bonchev–Trinajstić information content (AvgIpc) is 2.58. The number of esters is 1. The van der Waals surface area contributed by atoms with Crippen LogP contribution in [0.2, 0.25) is 0 Å². The molecule has 0 aliphatic carbocycles. The summed E-state index contributed by atoms with van der Waals surface area (Å²) < 4.78 is 16.4. The maximum Gasteiger partial charge on any atom is 0.308 e. The molecule has 24 heavy (non-hydrogen) atoms. The molecule has 128 valence electrons. The lowest BCUT2D eigenvalue weighted by Gasteiger charge is -2.39. The van der Waals surface area contributed by atoms with Crippen molar-refractivity contribution >= 4 is 17.6 Å². The van der Waals surface area contributed by atoms with Gasteiger partial charge in [-0.15, -0.1) is 0 Å². The van der Waals surface area contributed by atoms with Crippen molar-refractivity contribution in [2.75, 3.05) is 26.5 Å². The molecule has 0 spiro atoms. The lowest BCUT2D eigenvalue weighted by molar-refractivity contribution is -0.145. The summed E-state index contributed by atoms with van der Waals surface area (Å²) in [4.78, 5) is 25.8. The van der Waals surface area contributed by atoms with E-state index in [0.29, 0.717) is 17.0 Å². The number of carbonyl (C=O) groups excluding carboxylic acids is 2. The summed E-state index contributed by atoms with van der Waals surface area (Å²) in [5.74, 6) is -0.0612. The van der Waals surface area contributed by atoms with Crippen LogP contribution in [0.1, 0.15) is 16.8 Å². The van der Waals surface area contributed by atoms with Gasteiger partial charge in [0.25, 0.3) is 5.91 Å². The minimum atomic E-state index is -0.392. The molecule has 2 aliphatic heterocycles. The molecular formula is C17H20N2O5. The van der Waals surface area contributed by atoms with E-state index in [2.05, 4.69) is 4.74 Å². The summed E-state index contributed by atoms with van der Waals surface area (Å²) in [6.45, 7) is 0.265. The smallest absolute Gasteiger partial charge is 0.308 e. The lowest BCUT2D eigenvalue weighted by atomic mass is 10.0. The maximum absolute atomic E-state index is 12.7. The molecule has 3 rings (SSSR count). The van der Waals surface area contributed by atoms with Gasteiger partial charge in [0.2, 0.25) is 0 Å². The molecule has 0 unspecified atom stereocenters. The van der Waals surface area contributed by atoms with Crippen molar-refractivity contribution < 1.29 is 23.8 Å². The normalized spacial score (nSPS) is 25.8. The molecular weight excluding hydrogens is 312 g/mol. The fraction of sp³-hybridized carbons (Fsp3) is 0.412. The number of benzene rings is 1. The first-order valence-electron chi connectivity index (χ1n) is 7.69. The second-order valence-corrected chi connectivity index (χ2v) is 5.85. The van der Waals surface area contributed by atoms with Crippen molar-refractivity contribution in [2.45, 2.75) is 24.7 Å². The van der Waals surface area contributed by atoms with Crippen molar-refractivity contribution in [3.63, 3.8) is 0 Å². The number of nitrogens with zero attached hydrogens (tertiary/aromatic N) is 1. The molecule has 0 fully saturated rings. The molecule has 3 atom stereocenters. The van der Waals surface area contributed by atoms with Crippen molar-refractivity contribution in [1.82, 2.24) is 4.90 Å². The van der Waals surface area contributed by atoms with Gasteiger partial charge >= 0.3 is 5.97 Å². The molecule has 0 bridgehead atoms. The Hall–Kier alpha value is -2.54. The number of anilines is 1. The molecule has 0 radical (unpaired) electrons. The Morgan fingerprint density at radius 3 is 2.96 bits per heavy atom. The summed E-state index contributed by atoms with van der Waals surface area (Å²) in [7, 11) is 3.05. The van der Waals surface area contributed by atoms with E-state index in [4.69, 9.17) is 15.2 Å². The SMILES string of the molecule is COC(=O)C[C@H]1C=C[C@H]2[C@@H](COc3ccc(N)cc3C(=O)N2C)O1. The topological polar surface area (TPSA) is 91.1 Å². The van der Waals surface area contributed by atoms with Crippen LogP contribution in [0.25, 0.3) is 0 Å². The minimum absolute atomic E-state index is 0.126. The predicted octanol–water partition coefficient (Wildman–Crippen LogP) is 0.988. The van der Waals surface area contributed by atoms with E-state index < -0.39 is 6.10 Å². The number of hydrogen-bond acceptors (Lipinski definition) is 6. The van der Waals surface area contributed by atoms with E-state index in [-0.39, 0.29) is 37.0 Å². The first kappa shape index (κ1) is 16.3. The van der Waals surface area contributed by atoms with Gasteiger partial charge in [-0.1, -0.05) is 12.2 Å². The molecule has 0 saturated carbocycles. The number of amides is 1. The predicted molar refractivity (Wildman–Crippen MR) is 86.7 cm³/mol. The Kier molecular flexibility index (Phi) is 4.44. The highest BCUT2D eigenvalue weighted by Gasteiger charge is 2.36. The summed E-state index contributed by atoms with van der Waals surface area (Å²) in [5.41, 5.74) is 6.72. The van der Waals surface area contributed by atoms with E-state index in [0.717, 1.165) is 0 Å². The summed E-state index contributed by atoms with van der Waals surface area (Å²) in [6.07, 6.45) is 3.02. The number of nitrogens with two attached hydrogens (primary N) is 1. The maximum atomic E-state index is 12.7. The van der Waals surface area contributed by atoms with Gasteiger partial charge in [-0.05, 0) is 18.2 Å². The second kappa shape index (κ2) is 6.52. The zero-order valence-corrected chi connectivity index (χ0v) is 13.6. The third-order valence-electron chi connectivity index (χ3n) is 4.25. The van der Waals surface area contributed by atoms with Crippen LogP contribution in [0.4, 0.5) is 5.69 Å². The van der Waals surface area contributed by atoms with Crippen LogP contribution in [0.15, 0.2) is 30.4 Å². The number of ether oxygens (including phenoxy) is 3. The van der Waals surface area contributed by atoms with E-state index in [1.165, 1.54) is 7.11 Å². The van der Waals surface area contributed by atoms with Crippen molar-refractivity contribution in [3.8, 4) is 5.75 Å². The Bertz CT molecular complexity index is 688. The van der Waals surface area contributed by atoms with Gasteiger partial charge in [-0.25, -0.2) is 0 Å². The van der Waals surface area contributed by atoms with E-state index >= 15 is 0 Å². The quantitative estimate of drug-likeness (QED) is 0.493. The highest BCUT2D eigenvalue weighted by atomic mass is 16.5. The van der Waals surface area contributed by atoms with Crippen LogP contribution < -0.4 is 10.5 Å².